The Morgan fingerprint density at radius 3 is 2.57 bits per heavy atom. The van der Waals surface area contributed by atoms with Gasteiger partial charge >= 0.3 is 0 Å². The molecule has 0 fully saturated rings. The number of ether oxygens (including phenoxy) is 1. The zero-order chi connectivity index (χ0) is 15.2. The van der Waals surface area contributed by atoms with Crippen molar-refractivity contribution in [3.8, 4) is 5.75 Å². The summed E-state index contributed by atoms with van der Waals surface area (Å²) in [6.45, 7) is 0. The average molecular weight is 324 g/mol. The lowest BCUT2D eigenvalue weighted by atomic mass is 10.1. The number of rotatable bonds is 5. The lowest BCUT2D eigenvalue weighted by molar-refractivity contribution is -0.116. The molecule has 2 rings (SSSR count). The summed E-state index contributed by atoms with van der Waals surface area (Å²) in [5.74, 6) is 0.538. The molecule has 0 saturated carbocycles. The Morgan fingerprint density at radius 2 is 1.90 bits per heavy atom. The minimum atomic E-state index is -0.0879. The van der Waals surface area contributed by atoms with Gasteiger partial charge in [0, 0.05) is 6.42 Å². The van der Waals surface area contributed by atoms with Gasteiger partial charge in [-0.05, 0) is 36.2 Å². The normalized spacial score (nSPS) is 10.2. The van der Waals surface area contributed by atoms with Gasteiger partial charge in [0.15, 0.2) is 0 Å². The van der Waals surface area contributed by atoms with Crippen molar-refractivity contribution in [3.05, 3.63) is 58.1 Å². The summed E-state index contributed by atoms with van der Waals surface area (Å²) in [6.07, 6.45) is 0.952. The first-order valence-corrected chi connectivity index (χ1v) is 7.22. The average Bonchev–Trinajstić information content (AvgIpc) is 2.48. The smallest absolute Gasteiger partial charge is 0.224 e. The molecule has 0 saturated heterocycles. The van der Waals surface area contributed by atoms with Crippen molar-refractivity contribution in [1.29, 1.82) is 0 Å². The molecule has 0 heterocycles. The molecule has 0 spiro atoms. The highest BCUT2D eigenvalue weighted by Gasteiger charge is 2.07. The van der Waals surface area contributed by atoms with E-state index in [4.69, 9.17) is 27.9 Å². The standard InChI is InChI=1S/C16H15Cl2NO2/c1-21-15-8-6-11(10-13(15)18)7-9-16(20)19-14-5-3-2-4-12(14)17/h2-6,8,10H,7,9H2,1H3,(H,19,20). The van der Waals surface area contributed by atoms with Crippen LogP contribution < -0.4 is 10.1 Å². The van der Waals surface area contributed by atoms with Crippen molar-refractivity contribution in [2.24, 2.45) is 0 Å². The van der Waals surface area contributed by atoms with Crippen molar-refractivity contribution < 1.29 is 9.53 Å². The zero-order valence-electron chi connectivity index (χ0n) is 11.5. The molecule has 0 aliphatic rings. The van der Waals surface area contributed by atoms with Crippen LogP contribution in [0, 0.1) is 0 Å². The lowest BCUT2D eigenvalue weighted by Crippen LogP contribution is -2.12. The van der Waals surface area contributed by atoms with Gasteiger partial charge in [-0.25, -0.2) is 0 Å². The number of benzene rings is 2. The molecule has 3 nitrogen and oxygen atoms in total. The third-order valence-electron chi connectivity index (χ3n) is 3.00. The van der Waals surface area contributed by atoms with E-state index in [0.29, 0.717) is 34.3 Å². The number of methoxy groups -OCH3 is 1. The first-order valence-electron chi connectivity index (χ1n) is 6.47. The van der Waals surface area contributed by atoms with E-state index in [1.807, 2.05) is 24.3 Å². The van der Waals surface area contributed by atoms with Crippen molar-refractivity contribution in [3.63, 3.8) is 0 Å². The third kappa shape index (κ3) is 4.38. The summed E-state index contributed by atoms with van der Waals surface area (Å²) >= 11 is 12.0. The molecule has 0 bridgehead atoms. The van der Waals surface area contributed by atoms with Crippen LogP contribution in [0.1, 0.15) is 12.0 Å². The fraction of sp³-hybridized carbons (Fsp3) is 0.188. The summed E-state index contributed by atoms with van der Waals surface area (Å²) < 4.78 is 5.09. The topological polar surface area (TPSA) is 38.3 Å². The van der Waals surface area contributed by atoms with Gasteiger partial charge < -0.3 is 10.1 Å². The van der Waals surface area contributed by atoms with Crippen molar-refractivity contribution in [1.82, 2.24) is 0 Å². The Balaban J connectivity index is 1.92. The molecule has 1 N–H and O–H groups in total. The molecule has 0 radical (unpaired) electrons. The van der Waals surface area contributed by atoms with Crippen LogP contribution in [0.4, 0.5) is 5.69 Å². The second kappa shape index (κ2) is 7.34. The van der Waals surface area contributed by atoms with Crippen LogP contribution in [-0.4, -0.2) is 13.0 Å². The molecular weight excluding hydrogens is 309 g/mol. The maximum atomic E-state index is 11.9. The first kappa shape index (κ1) is 15.7. The van der Waals surface area contributed by atoms with Crippen LogP contribution in [0.5, 0.6) is 5.75 Å². The first-order chi connectivity index (χ1) is 10.1. The molecule has 5 heteroatoms. The summed E-state index contributed by atoms with van der Waals surface area (Å²) in [4.78, 5) is 11.9. The molecule has 0 aliphatic heterocycles. The second-order valence-corrected chi connectivity index (χ2v) is 5.31. The van der Waals surface area contributed by atoms with Gasteiger partial charge in [-0.3, -0.25) is 4.79 Å². The van der Waals surface area contributed by atoms with Gasteiger partial charge in [-0.2, -0.15) is 0 Å². The van der Waals surface area contributed by atoms with E-state index in [-0.39, 0.29) is 5.91 Å². The molecule has 0 aliphatic carbocycles. The summed E-state index contributed by atoms with van der Waals surface area (Å²) in [5, 5.41) is 3.86. The SMILES string of the molecule is COc1ccc(CCC(=O)Nc2ccccc2Cl)cc1Cl. The minimum absolute atomic E-state index is 0.0879. The Hall–Kier alpha value is -1.71. The molecule has 2 aromatic carbocycles. The summed E-state index contributed by atoms with van der Waals surface area (Å²) in [7, 11) is 1.57. The van der Waals surface area contributed by atoms with Crippen molar-refractivity contribution >= 4 is 34.8 Å². The van der Waals surface area contributed by atoms with Crippen LogP contribution in [0.15, 0.2) is 42.5 Å². The second-order valence-electron chi connectivity index (χ2n) is 4.50. The highest BCUT2D eigenvalue weighted by molar-refractivity contribution is 6.33. The zero-order valence-corrected chi connectivity index (χ0v) is 13.0. The molecule has 0 atom stereocenters. The van der Waals surface area contributed by atoms with E-state index in [0.717, 1.165) is 5.56 Å². The highest BCUT2D eigenvalue weighted by atomic mass is 35.5. The van der Waals surface area contributed by atoms with E-state index >= 15 is 0 Å². The van der Waals surface area contributed by atoms with Gasteiger partial charge in [0.1, 0.15) is 5.75 Å². The predicted octanol–water partition coefficient (Wildman–Crippen LogP) is 4.57. The van der Waals surface area contributed by atoms with Crippen molar-refractivity contribution in [2.75, 3.05) is 12.4 Å². The highest BCUT2D eigenvalue weighted by Crippen LogP contribution is 2.25. The van der Waals surface area contributed by atoms with Crippen LogP contribution in [0.25, 0.3) is 0 Å². The fourth-order valence-electron chi connectivity index (χ4n) is 1.90. The minimum Gasteiger partial charge on any atom is -0.495 e. The molecular formula is C16H15Cl2NO2. The number of nitrogens with one attached hydrogen (secondary N) is 1. The lowest BCUT2D eigenvalue weighted by Gasteiger charge is -2.08. The van der Waals surface area contributed by atoms with E-state index in [1.54, 1.807) is 25.3 Å². The molecule has 0 unspecified atom stereocenters. The Bertz CT molecular complexity index is 644. The predicted molar refractivity (Wildman–Crippen MR) is 86.4 cm³/mol. The largest absolute Gasteiger partial charge is 0.495 e. The number of hydrogen-bond acceptors (Lipinski definition) is 2. The van der Waals surface area contributed by atoms with Crippen molar-refractivity contribution in [2.45, 2.75) is 12.8 Å². The maximum absolute atomic E-state index is 11.9. The number of halogens is 2. The number of hydrogen-bond donors (Lipinski definition) is 1. The fourth-order valence-corrected chi connectivity index (χ4v) is 2.36. The monoisotopic (exact) mass is 323 g/mol. The molecule has 1 amide bonds. The Labute approximate surface area is 133 Å². The van der Waals surface area contributed by atoms with Gasteiger partial charge in [0.2, 0.25) is 5.91 Å². The molecule has 2 aromatic rings. The third-order valence-corrected chi connectivity index (χ3v) is 3.63. The summed E-state index contributed by atoms with van der Waals surface area (Å²) in [5.41, 5.74) is 1.60. The molecule has 21 heavy (non-hydrogen) atoms. The van der Waals surface area contributed by atoms with E-state index in [9.17, 15) is 4.79 Å². The number of aryl methyl sites for hydroxylation is 1. The van der Waals surface area contributed by atoms with Gasteiger partial charge in [-0.15, -0.1) is 0 Å². The van der Waals surface area contributed by atoms with E-state index in [2.05, 4.69) is 5.32 Å². The number of carbonyl (C=O) groups excluding carboxylic acids is 1. The number of amides is 1. The molecule has 110 valence electrons. The quantitative estimate of drug-likeness (QED) is 0.875. The van der Waals surface area contributed by atoms with Gasteiger partial charge in [0.05, 0.1) is 22.8 Å². The number of anilines is 1. The molecule has 0 aromatic heterocycles. The number of para-hydroxylation sites is 1. The Morgan fingerprint density at radius 1 is 1.14 bits per heavy atom. The van der Waals surface area contributed by atoms with Gasteiger partial charge in [-0.1, -0.05) is 41.4 Å². The van der Waals surface area contributed by atoms with Crippen LogP contribution in [0.3, 0.4) is 0 Å². The summed E-state index contributed by atoms with van der Waals surface area (Å²) in [6, 6.07) is 12.6. The van der Waals surface area contributed by atoms with Crippen LogP contribution in [-0.2, 0) is 11.2 Å². The maximum Gasteiger partial charge on any atom is 0.224 e. The Kier molecular flexibility index (Phi) is 5.48. The van der Waals surface area contributed by atoms with Crippen LogP contribution >= 0.6 is 23.2 Å². The van der Waals surface area contributed by atoms with E-state index < -0.39 is 0 Å². The van der Waals surface area contributed by atoms with Crippen LogP contribution in [0.2, 0.25) is 10.0 Å². The van der Waals surface area contributed by atoms with E-state index in [1.165, 1.54) is 0 Å². The van der Waals surface area contributed by atoms with Gasteiger partial charge in [0.25, 0.3) is 0 Å². The number of carbonyl (C=O) groups is 1.